The highest BCUT2D eigenvalue weighted by Crippen LogP contribution is 2.37. The first kappa shape index (κ1) is 19.6. The Balaban J connectivity index is 1.25. The standard InChI is InChI=1S/C21H24N6O2S/c22-12-17-20(24-25-21(17)15-3-6-18-19(11-15)29-13-23-18)14-1-4-16(5-2-14)26-30-27-7-9-28-10-8-27/h3,6,11,13-14,16,26H,1-2,4-5,7-10H2,(H,24,25). The molecule has 2 fully saturated rings. The second-order valence-electron chi connectivity index (χ2n) is 7.81. The third-order valence-electron chi connectivity index (χ3n) is 5.96. The number of nitrogens with one attached hydrogen (secondary N) is 2. The van der Waals surface area contributed by atoms with Gasteiger partial charge >= 0.3 is 0 Å². The molecule has 2 aliphatic rings. The van der Waals surface area contributed by atoms with E-state index in [0.29, 0.717) is 28.8 Å². The molecule has 0 unspecified atom stereocenters. The maximum absolute atomic E-state index is 9.86. The lowest BCUT2D eigenvalue weighted by molar-refractivity contribution is 0.0768. The second kappa shape index (κ2) is 8.78. The van der Waals surface area contributed by atoms with E-state index in [-0.39, 0.29) is 0 Å². The molecule has 0 bridgehead atoms. The highest BCUT2D eigenvalue weighted by molar-refractivity contribution is 7.95. The molecular formula is C21H24N6O2S. The van der Waals surface area contributed by atoms with E-state index in [1.807, 2.05) is 18.2 Å². The fourth-order valence-electron chi connectivity index (χ4n) is 4.26. The summed E-state index contributed by atoms with van der Waals surface area (Å²) in [5.74, 6) is 0.335. The molecule has 5 rings (SSSR count). The van der Waals surface area contributed by atoms with Crippen molar-refractivity contribution < 1.29 is 9.15 Å². The van der Waals surface area contributed by atoms with Crippen LogP contribution in [0.25, 0.3) is 22.4 Å². The van der Waals surface area contributed by atoms with Crippen LogP contribution in [0.3, 0.4) is 0 Å². The van der Waals surface area contributed by atoms with Gasteiger partial charge in [0.25, 0.3) is 0 Å². The van der Waals surface area contributed by atoms with E-state index < -0.39 is 0 Å². The fourth-order valence-corrected chi connectivity index (χ4v) is 5.13. The lowest BCUT2D eigenvalue weighted by Crippen LogP contribution is -2.37. The van der Waals surface area contributed by atoms with Crippen molar-refractivity contribution in [2.24, 2.45) is 0 Å². The lowest BCUT2D eigenvalue weighted by atomic mass is 9.83. The molecule has 0 radical (unpaired) electrons. The Morgan fingerprint density at radius 1 is 1.20 bits per heavy atom. The predicted octanol–water partition coefficient (Wildman–Crippen LogP) is 3.60. The molecule has 1 aliphatic heterocycles. The van der Waals surface area contributed by atoms with Crippen LogP contribution in [-0.4, -0.2) is 51.8 Å². The number of benzene rings is 1. The van der Waals surface area contributed by atoms with Gasteiger partial charge in [0.15, 0.2) is 12.0 Å². The minimum atomic E-state index is 0.335. The average Bonchev–Trinajstić information content (AvgIpc) is 3.45. The van der Waals surface area contributed by atoms with Crippen molar-refractivity contribution >= 4 is 23.2 Å². The second-order valence-corrected chi connectivity index (χ2v) is 8.74. The topological polar surface area (TPSA) is 103 Å². The Labute approximate surface area is 179 Å². The SMILES string of the molecule is N#Cc1c(-c2ccc3ncoc3c2)n[nH]c1C1CCC(NSN2CCOCC2)CC1. The molecule has 1 saturated heterocycles. The average molecular weight is 425 g/mol. The van der Waals surface area contributed by atoms with Gasteiger partial charge in [0.1, 0.15) is 22.8 Å². The Morgan fingerprint density at radius 2 is 2.03 bits per heavy atom. The van der Waals surface area contributed by atoms with E-state index in [1.54, 1.807) is 12.1 Å². The zero-order chi connectivity index (χ0) is 20.3. The fraction of sp³-hybridized carbons (Fsp3) is 0.476. The molecule has 1 saturated carbocycles. The highest BCUT2D eigenvalue weighted by Gasteiger charge is 2.28. The Morgan fingerprint density at radius 3 is 2.83 bits per heavy atom. The summed E-state index contributed by atoms with van der Waals surface area (Å²) < 4.78 is 16.8. The summed E-state index contributed by atoms with van der Waals surface area (Å²) in [5, 5.41) is 17.5. The summed E-state index contributed by atoms with van der Waals surface area (Å²) in [5.41, 5.74) is 4.67. The largest absolute Gasteiger partial charge is 0.443 e. The highest BCUT2D eigenvalue weighted by atomic mass is 32.2. The van der Waals surface area contributed by atoms with Crippen molar-refractivity contribution in [3.63, 3.8) is 0 Å². The van der Waals surface area contributed by atoms with Gasteiger partial charge in [-0.1, -0.05) is 6.07 Å². The molecule has 2 aromatic heterocycles. The van der Waals surface area contributed by atoms with Crippen LogP contribution in [0.15, 0.2) is 29.0 Å². The van der Waals surface area contributed by atoms with E-state index >= 15 is 0 Å². The van der Waals surface area contributed by atoms with Crippen molar-refractivity contribution in [1.29, 1.82) is 5.26 Å². The zero-order valence-electron chi connectivity index (χ0n) is 16.6. The summed E-state index contributed by atoms with van der Waals surface area (Å²) in [6.45, 7) is 3.55. The monoisotopic (exact) mass is 424 g/mol. The van der Waals surface area contributed by atoms with Crippen molar-refractivity contribution in [2.75, 3.05) is 26.3 Å². The molecule has 0 atom stereocenters. The van der Waals surface area contributed by atoms with Gasteiger partial charge in [-0.25, -0.2) is 14.0 Å². The number of morpholine rings is 1. The van der Waals surface area contributed by atoms with E-state index in [9.17, 15) is 5.26 Å². The van der Waals surface area contributed by atoms with Gasteiger partial charge in [0.05, 0.1) is 18.9 Å². The van der Waals surface area contributed by atoms with Gasteiger partial charge in [0, 0.05) is 42.7 Å². The number of hydrogen-bond acceptors (Lipinski definition) is 8. The maximum atomic E-state index is 9.86. The summed E-state index contributed by atoms with van der Waals surface area (Å²) in [6.07, 6.45) is 5.69. The number of nitrogens with zero attached hydrogens (tertiary/aromatic N) is 4. The van der Waals surface area contributed by atoms with Crippen molar-refractivity contribution in [1.82, 2.24) is 24.2 Å². The minimum Gasteiger partial charge on any atom is -0.443 e. The Kier molecular flexibility index (Phi) is 5.73. The molecule has 0 amide bonds. The van der Waals surface area contributed by atoms with Crippen LogP contribution in [0.2, 0.25) is 0 Å². The summed E-state index contributed by atoms with van der Waals surface area (Å²) in [6, 6.07) is 8.61. The van der Waals surface area contributed by atoms with Crippen LogP contribution >= 0.6 is 12.1 Å². The van der Waals surface area contributed by atoms with E-state index in [0.717, 1.165) is 68.8 Å². The lowest BCUT2D eigenvalue weighted by Gasteiger charge is -2.31. The van der Waals surface area contributed by atoms with E-state index in [4.69, 9.17) is 9.15 Å². The summed E-state index contributed by atoms with van der Waals surface area (Å²) in [7, 11) is 0. The number of oxazole rings is 1. The van der Waals surface area contributed by atoms with E-state index in [2.05, 4.69) is 30.3 Å². The third kappa shape index (κ3) is 3.96. The first-order valence-corrected chi connectivity index (χ1v) is 11.2. The molecule has 8 nitrogen and oxygen atoms in total. The minimum absolute atomic E-state index is 0.335. The number of nitriles is 1. The van der Waals surface area contributed by atoms with Crippen molar-refractivity contribution in [2.45, 2.75) is 37.6 Å². The van der Waals surface area contributed by atoms with Crippen LogP contribution in [0.5, 0.6) is 0 Å². The predicted molar refractivity (Wildman–Crippen MR) is 114 cm³/mol. The number of hydrogen-bond donors (Lipinski definition) is 2. The zero-order valence-corrected chi connectivity index (χ0v) is 17.5. The molecule has 9 heteroatoms. The molecule has 3 heterocycles. The number of rotatable bonds is 5. The quantitative estimate of drug-likeness (QED) is 0.599. The number of ether oxygens (including phenoxy) is 1. The molecule has 0 spiro atoms. The molecule has 30 heavy (non-hydrogen) atoms. The van der Waals surface area contributed by atoms with Crippen LogP contribution < -0.4 is 4.72 Å². The Hall–Kier alpha value is -2.38. The van der Waals surface area contributed by atoms with Gasteiger partial charge in [-0.05, 0) is 37.8 Å². The molecule has 1 aromatic carbocycles. The van der Waals surface area contributed by atoms with Gasteiger partial charge in [-0.3, -0.25) is 5.10 Å². The molecular weight excluding hydrogens is 400 g/mol. The summed E-state index contributed by atoms with van der Waals surface area (Å²) in [4.78, 5) is 4.15. The number of H-pyrrole nitrogens is 1. The third-order valence-corrected chi connectivity index (χ3v) is 7.03. The Bertz CT molecular complexity index is 1040. The van der Waals surface area contributed by atoms with Crippen molar-refractivity contribution in [3.05, 3.63) is 35.9 Å². The first-order chi connectivity index (χ1) is 14.8. The molecule has 2 N–H and O–H groups in total. The smallest absolute Gasteiger partial charge is 0.181 e. The first-order valence-electron chi connectivity index (χ1n) is 10.4. The van der Waals surface area contributed by atoms with Gasteiger partial charge in [0.2, 0.25) is 0 Å². The van der Waals surface area contributed by atoms with Crippen molar-refractivity contribution in [3.8, 4) is 17.3 Å². The summed E-state index contributed by atoms with van der Waals surface area (Å²) >= 11 is 1.73. The van der Waals surface area contributed by atoms with Gasteiger partial charge in [-0.2, -0.15) is 10.4 Å². The number of aromatic nitrogens is 3. The molecule has 1 aliphatic carbocycles. The maximum Gasteiger partial charge on any atom is 0.181 e. The number of fused-ring (bicyclic) bond motifs is 1. The van der Waals surface area contributed by atoms with Crippen LogP contribution in [0.1, 0.15) is 42.9 Å². The van der Waals surface area contributed by atoms with Gasteiger partial charge < -0.3 is 9.15 Å². The van der Waals surface area contributed by atoms with Gasteiger partial charge in [-0.15, -0.1) is 0 Å². The normalized spacial score (nSPS) is 22.9. The van der Waals surface area contributed by atoms with E-state index in [1.165, 1.54) is 6.39 Å². The van der Waals surface area contributed by atoms with Crippen LogP contribution in [-0.2, 0) is 4.74 Å². The van der Waals surface area contributed by atoms with Crippen LogP contribution in [0.4, 0.5) is 0 Å². The number of aromatic amines is 1. The molecule has 3 aromatic rings. The van der Waals surface area contributed by atoms with Crippen LogP contribution in [0, 0.1) is 11.3 Å². The molecule has 156 valence electrons.